The Morgan fingerprint density at radius 1 is 1.06 bits per heavy atom. The van der Waals surface area contributed by atoms with Crippen LogP contribution >= 0.6 is 0 Å². The van der Waals surface area contributed by atoms with E-state index in [4.69, 9.17) is 5.73 Å². The van der Waals surface area contributed by atoms with Crippen molar-refractivity contribution in [1.82, 2.24) is 14.4 Å². The van der Waals surface area contributed by atoms with Gasteiger partial charge in [0.25, 0.3) is 5.56 Å². The van der Waals surface area contributed by atoms with Crippen molar-refractivity contribution >= 4 is 17.2 Å². The smallest absolute Gasteiger partial charge is 0.263 e. The number of aromatic nitrogens is 3. The average Bonchev–Trinajstić information content (AvgIpc) is 2.74. The lowest BCUT2D eigenvalue weighted by molar-refractivity contribution is 0.584. The third-order valence-corrected chi connectivity index (χ3v) is 4.85. The molecule has 0 aliphatic heterocycles. The van der Waals surface area contributed by atoms with Crippen LogP contribution in [0.1, 0.15) is 11.1 Å². The topological polar surface area (TPSA) is 109 Å². The number of rotatable bonds is 5. The van der Waals surface area contributed by atoms with Crippen molar-refractivity contribution in [2.45, 2.75) is 6.42 Å². The molecule has 160 valence electrons. The van der Waals surface area contributed by atoms with Crippen LogP contribution < -0.4 is 16.6 Å². The molecule has 3 aromatic heterocycles. The van der Waals surface area contributed by atoms with Crippen molar-refractivity contribution < 1.29 is 13.2 Å². The number of anilines is 2. The number of nitrogens with zero attached hydrogens (tertiary/aromatic N) is 4. The van der Waals surface area contributed by atoms with Crippen LogP contribution in [0.4, 0.5) is 24.8 Å². The first-order valence-electron chi connectivity index (χ1n) is 9.42. The number of nitrogen functional groups attached to an aromatic ring is 1. The largest absolute Gasteiger partial charge is 0.382 e. The molecule has 0 spiro atoms. The predicted octanol–water partition coefficient (Wildman–Crippen LogP) is 3.28. The fourth-order valence-corrected chi connectivity index (χ4v) is 3.45. The lowest BCUT2D eigenvalue weighted by Gasteiger charge is -2.14. The van der Waals surface area contributed by atoms with Crippen molar-refractivity contribution in [3.63, 3.8) is 0 Å². The maximum Gasteiger partial charge on any atom is 0.263 e. The zero-order chi connectivity index (χ0) is 22.8. The van der Waals surface area contributed by atoms with E-state index in [1.807, 2.05) is 6.07 Å². The highest BCUT2D eigenvalue weighted by Gasteiger charge is 2.16. The maximum absolute atomic E-state index is 13.9. The van der Waals surface area contributed by atoms with Crippen molar-refractivity contribution in [3.05, 3.63) is 87.9 Å². The third kappa shape index (κ3) is 3.96. The highest BCUT2D eigenvalue weighted by molar-refractivity contribution is 5.70. The third-order valence-electron chi connectivity index (χ3n) is 4.85. The number of nitrogens with two attached hydrogens (primary N) is 1. The minimum Gasteiger partial charge on any atom is -0.382 e. The molecule has 3 heterocycles. The molecule has 10 heteroatoms. The summed E-state index contributed by atoms with van der Waals surface area (Å²) in [5.74, 6) is -2.08. The fourth-order valence-electron chi connectivity index (χ4n) is 3.45. The second kappa shape index (κ2) is 8.39. The summed E-state index contributed by atoms with van der Waals surface area (Å²) in [6.45, 7) is 0.215. The number of nitriles is 1. The van der Waals surface area contributed by atoms with Crippen LogP contribution in [0.2, 0.25) is 0 Å². The van der Waals surface area contributed by atoms with Gasteiger partial charge in [0.1, 0.15) is 47.0 Å². The molecule has 32 heavy (non-hydrogen) atoms. The van der Waals surface area contributed by atoms with Crippen LogP contribution in [0.25, 0.3) is 16.6 Å². The molecule has 0 atom stereocenters. The number of halogens is 3. The van der Waals surface area contributed by atoms with Gasteiger partial charge in [-0.15, -0.1) is 0 Å². The molecule has 0 saturated heterocycles. The van der Waals surface area contributed by atoms with Crippen LogP contribution in [-0.2, 0) is 6.42 Å². The molecular formula is C22H15F3N6O. The first-order chi connectivity index (χ1) is 15.4. The van der Waals surface area contributed by atoms with Crippen LogP contribution in [-0.4, -0.2) is 20.9 Å². The number of benzene rings is 1. The first-order valence-corrected chi connectivity index (χ1v) is 9.42. The molecule has 7 nitrogen and oxygen atoms in total. The van der Waals surface area contributed by atoms with Crippen LogP contribution in [0.3, 0.4) is 0 Å². The zero-order valence-electron chi connectivity index (χ0n) is 16.4. The van der Waals surface area contributed by atoms with Gasteiger partial charge < -0.3 is 11.1 Å². The van der Waals surface area contributed by atoms with Gasteiger partial charge in [-0.2, -0.15) is 5.26 Å². The monoisotopic (exact) mass is 436 g/mol. The van der Waals surface area contributed by atoms with Crippen molar-refractivity contribution in [1.29, 1.82) is 5.26 Å². The van der Waals surface area contributed by atoms with E-state index in [1.54, 1.807) is 6.07 Å². The van der Waals surface area contributed by atoms with Crippen LogP contribution in [0, 0.1) is 28.8 Å². The summed E-state index contributed by atoms with van der Waals surface area (Å²) in [6.07, 6.45) is 2.45. The van der Waals surface area contributed by atoms with Gasteiger partial charge in [-0.3, -0.25) is 9.20 Å². The van der Waals surface area contributed by atoms with Gasteiger partial charge in [-0.1, -0.05) is 0 Å². The van der Waals surface area contributed by atoms with Gasteiger partial charge in [-0.25, -0.2) is 23.1 Å². The molecule has 0 fully saturated rings. The number of nitrogens with one attached hydrogen (secondary N) is 1. The lowest BCUT2D eigenvalue weighted by atomic mass is 9.98. The van der Waals surface area contributed by atoms with Gasteiger partial charge in [0.2, 0.25) is 0 Å². The number of hydrogen-bond donors (Lipinski definition) is 2. The van der Waals surface area contributed by atoms with Crippen molar-refractivity contribution in [3.8, 4) is 17.2 Å². The summed E-state index contributed by atoms with van der Waals surface area (Å²) in [7, 11) is 0. The van der Waals surface area contributed by atoms with Crippen molar-refractivity contribution in [2.75, 3.05) is 17.6 Å². The zero-order valence-corrected chi connectivity index (χ0v) is 16.4. The minimum atomic E-state index is -0.845. The molecule has 0 bridgehead atoms. The number of hydrogen-bond acceptors (Lipinski definition) is 6. The van der Waals surface area contributed by atoms with Crippen molar-refractivity contribution in [2.24, 2.45) is 0 Å². The Morgan fingerprint density at radius 3 is 2.53 bits per heavy atom. The van der Waals surface area contributed by atoms with E-state index in [0.717, 1.165) is 22.7 Å². The standard InChI is InChI=1S/C22H15F3N6O/c23-14-1-2-17-7-12(3-4-28-21-18(9-26)20(27)29-11-30-21)19(22(32)31(17)10-14)13-5-15(24)8-16(25)6-13/h1-2,5-8,10-11H,3-4H2,(H3,27,28,29,30). The Balaban J connectivity index is 1.78. The molecule has 3 N–H and O–H groups in total. The quantitative estimate of drug-likeness (QED) is 0.497. The number of fused-ring (bicyclic) bond motifs is 1. The fraction of sp³-hybridized carbons (Fsp3) is 0.0909. The molecule has 0 aliphatic carbocycles. The van der Waals surface area contributed by atoms with Gasteiger partial charge in [0.05, 0.1) is 5.56 Å². The molecule has 1 aromatic carbocycles. The summed E-state index contributed by atoms with van der Waals surface area (Å²) in [5, 5.41) is 12.2. The summed E-state index contributed by atoms with van der Waals surface area (Å²) in [4.78, 5) is 20.9. The maximum atomic E-state index is 13.9. The van der Waals surface area contributed by atoms with Gasteiger partial charge >= 0.3 is 0 Å². The van der Waals surface area contributed by atoms with E-state index in [-0.39, 0.29) is 41.3 Å². The van der Waals surface area contributed by atoms with Gasteiger partial charge in [0.15, 0.2) is 0 Å². The van der Waals surface area contributed by atoms with E-state index in [1.165, 1.54) is 18.5 Å². The summed E-state index contributed by atoms with van der Waals surface area (Å²) < 4.78 is 42.6. The molecule has 0 unspecified atom stereocenters. The molecule has 4 aromatic rings. The van der Waals surface area contributed by atoms with E-state index in [2.05, 4.69) is 15.3 Å². The SMILES string of the molecule is N#Cc1c(N)ncnc1NCCc1cc2ccc(F)cn2c(=O)c1-c1cc(F)cc(F)c1. The summed E-state index contributed by atoms with van der Waals surface area (Å²) in [5.41, 5.74) is 6.09. The van der Waals surface area contributed by atoms with E-state index < -0.39 is 23.0 Å². The molecule has 0 amide bonds. The predicted molar refractivity (Wildman–Crippen MR) is 112 cm³/mol. The minimum absolute atomic E-state index is 0.0203. The highest BCUT2D eigenvalue weighted by atomic mass is 19.1. The van der Waals surface area contributed by atoms with Crippen LogP contribution in [0.5, 0.6) is 0 Å². The Kier molecular flexibility index (Phi) is 5.47. The second-order valence-corrected chi connectivity index (χ2v) is 6.92. The van der Waals surface area contributed by atoms with E-state index >= 15 is 0 Å². The molecule has 0 radical (unpaired) electrons. The second-order valence-electron chi connectivity index (χ2n) is 6.92. The number of pyridine rings is 2. The van der Waals surface area contributed by atoms with Gasteiger partial charge in [0, 0.05) is 24.3 Å². The Bertz CT molecular complexity index is 1420. The Hall–Kier alpha value is -4.39. The first kappa shape index (κ1) is 20.9. The summed E-state index contributed by atoms with van der Waals surface area (Å²) in [6, 6.07) is 8.98. The normalized spacial score (nSPS) is 10.8. The van der Waals surface area contributed by atoms with E-state index in [0.29, 0.717) is 17.1 Å². The molecule has 0 saturated carbocycles. The molecular weight excluding hydrogens is 421 g/mol. The Morgan fingerprint density at radius 2 is 1.81 bits per heavy atom. The lowest BCUT2D eigenvalue weighted by Crippen LogP contribution is -2.20. The summed E-state index contributed by atoms with van der Waals surface area (Å²) >= 11 is 0. The average molecular weight is 436 g/mol. The Labute approximate surface area is 179 Å². The van der Waals surface area contributed by atoms with Crippen LogP contribution in [0.15, 0.2) is 53.7 Å². The van der Waals surface area contributed by atoms with E-state index in [9.17, 15) is 23.2 Å². The molecule has 4 rings (SSSR count). The highest BCUT2D eigenvalue weighted by Crippen LogP contribution is 2.25. The molecule has 0 aliphatic rings. The van der Waals surface area contributed by atoms with Gasteiger partial charge in [-0.05, 0) is 47.9 Å².